The predicted octanol–water partition coefficient (Wildman–Crippen LogP) is 4.54. The van der Waals surface area contributed by atoms with E-state index in [2.05, 4.69) is 22.2 Å². The molecule has 3 aromatic rings. The molecule has 3 rings (SSSR count). The van der Waals surface area contributed by atoms with Crippen LogP contribution in [0, 0.1) is 0 Å². The lowest BCUT2D eigenvalue weighted by Gasteiger charge is -2.08. The van der Waals surface area contributed by atoms with Gasteiger partial charge in [0.2, 0.25) is 0 Å². The molecule has 0 saturated carbocycles. The smallest absolute Gasteiger partial charge is 0.252 e. The summed E-state index contributed by atoms with van der Waals surface area (Å²) in [5, 5.41) is 3.02. The summed E-state index contributed by atoms with van der Waals surface area (Å²) in [4.78, 5) is 20.4. The Morgan fingerprint density at radius 3 is 2.67 bits per heavy atom. The van der Waals surface area contributed by atoms with Gasteiger partial charge in [-0.2, -0.15) is 0 Å². The number of carbonyl (C=O) groups excluding carboxylic acids is 1. The first-order valence-corrected chi connectivity index (χ1v) is 8.62. The Kier molecular flexibility index (Phi) is 5.26. The number of hydrogen-bond acceptors (Lipinski definition) is 2. The largest absolute Gasteiger partial charge is 0.352 e. The van der Waals surface area contributed by atoms with Crippen molar-refractivity contribution in [1.82, 2.24) is 15.3 Å². The Bertz CT molecular complexity index is 789. The summed E-state index contributed by atoms with van der Waals surface area (Å²) in [6.07, 6.45) is 4.59. The number of amides is 1. The molecule has 4 nitrogen and oxygen atoms in total. The van der Waals surface area contributed by atoms with E-state index in [1.54, 1.807) is 0 Å². The molecule has 0 spiro atoms. The summed E-state index contributed by atoms with van der Waals surface area (Å²) in [7, 11) is 0. The Balaban J connectivity index is 1.78. The molecular weight excluding hydrogens is 298 g/mol. The van der Waals surface area contributed by atoms with Crippen molar-refractivity contribution in [2.45, 2.75) is 32.6 Å². The molecule has 1 aromatic heterocycles. The second-order valence-corrected chi connectivity index (χ2v) is 5.96. The topological polar surface area (TPSA) is 57.8 Å². The van der Waals surface area contributed by atoms with Gasteiger partial charge in [-0.05, 0) is 24.6 Å². The number of H-pyrrole nitrogens is 1. The molecule has 2 aromatic carbocycles. The van der Waals surface area contributed by atoms with E-state index in [0.717, 1.165) is 35.3 Å². The van der Waals surface area contributed by atoms with Crippen LogP contribution in [0.1, 0.15) is 43.0 Å². The van der Waals surface area contributed by atoms with Crippen molar-refractivity contribution < 1.29 is 4.79 Å². The quantitative estimate of drug-likeness (QED) is 0.628. The van der Waals surface area contributed by atoms with Crippen molar-refractivity contribution >= 4 is 16.9 Å². The number of aromatic nitrogens is 2. The van der Waals surface area contributed by atoms with Crippen LogP contribution < -0.4 is 5.32 Å². The molecule has 0 saturated heterocycles. The molecule has 1 amide bonds. The minimum absolute atomic E-state index is 0.0393. The van der Waals surface area contributed by atoms with E-state index in [1.165, 1.54) is 12.8 Å². The van der Waals surface area contributed by atoms with Crippen LogP contribution in [0.15, 0.2) is 48.5 Å². The van der Waals surface area contributed by atoms with Gasteiger partial charge >= 0.3 is 0 Å². The van der Waals surface area contributed by atoms with E-state index in [-0.39, 0.29) is 5.91 Å². The molecule has 0 aliphatic rings. The van der Waals surface area contributed by atoms with Gasteiger partial charge in [-0.15, -0.1) is 0 Å². The van der Waals surface area contributed by atoms with Gasteiger partial charge < -0.3 is 10.3 Å². The van der Waals surface area contributed by atoms with E-state index in [4.69, 9.17) is 0 Å². The monoisotopic (exact) mass is 321 g/mol. The molecule has 0 bridgehead atoms. The molecule has 2 N–H and O–H groups in total. The maximum atomic E-state index is 12.5. The Morgan fingerprint density at radius 1 is 1.04 bits per heavy atom. The van der Waals surface area contributed by atoms with Crippen LogP contribution >= 0.6 is 0 Å². The van der Waals surface area contributed by atoms with Crippen molar-refractivity contribution in [2.75, 3.05) is 6.54 Å². The molecule has 0 aliphatic carbocycles. The third-order valence-corrected chi connectivity index (χ3v) is 4.13. The average molecular weight is 321 g/mol. The number of para-hydroxylation sites is 2. The van der Waals surface area contributed by atoms with Gasteiger partial charge in [-0.1, -0.05) is 56.5 Å². The van der Waals surface area contributed by atoms with Crippen LogP contribution in [0.2, 0.25) is 0 Å². The molecule has 0 unspecified atom stereocenters. The maximum Gasteiger partial charge on any atom is 0.252 e. The Morgan fingerprint density at radius 2 is 1.83 bits per heavy atom. The summed E-state index contributed by atoms with van der Waals surface area (Å²) >= 11 is 0. The van der Waals surface area contributed by atoms with Gasteiger partial charge in [0, 0.05) is 12.1 Å². The van der Waals surface area contributed by atoms with Crippen molar-refractivity contribution in [3.8, 4) is 11.4 Å². The molecule has 0 atom stereocenters. The van der Waals surface area contributed by atoms with Crippen LogP contribution in [-0.4, -0.2) is 22.4 Å². The SMILES string of the molecule is CCCCCCNC(=O)c1ccccc1-c1nc2ccccc2[nH]1. The minimum atomic E-state index is -0.0393. The number of carbonyl (C=O) groups is 1. The van der Waals surface area contributed by atoms with Gasteiger partial charge in [0.05, 0.1) is 16.6 Å². The van der Waals surface area contributed by atoms with Gasteiger partial charge in [-0.25, -0.2) is 4.98 Å². The standard InChI is InChI=1S/C20H23N3O/c1-2-3-4-9-14-21-20(24)16-11-6-5-10-15(16)19-22-17-12-7-8-13-18(17)23-19/h5-8,10-13H,2-4,9,14H2,1H3,(H,21,24)(H,22,23). The number of fused-ring (bicyclic) bond motifs is 1. The third-order valence-electron chi connectivity index (χ3n) is 4.13. The highest BCUT2D eigenvalue weighted by Gasteiger charge is 2.14. The number of unbranched alkanes of at least 4 members (excludes halogenated alkanes) is 3. The number of rotatable bonds is 7. The highest BCUT2D eigenvalue weighted by atomic mass is 16.1. The van der Waals surface area contributed by atoms with Gasteiger partial charge in [-0.3, -0.25) is 4.79 Å². The van der Waals surface area contributed by atoms with E-state index < -0.39 is 0 Å². The zero-order valence-corrected chi connectivity index (χ0v) is 14.0. The van der Waals surface area contributed by atoms with E-state index in [1.807, 2.05) is 48.5 Å². The molecule has 124 valence electrons. The fourth-order valence-electron chi connectivity index (χ4n) is 2.82. The lowest BCUT2D eigenvalue weighted by molar-refractivity contribution is 0.0953. The number of nitrogens with one attached hydrogen (secondary N) is 2. The molecule has 4 heteroatoms. The number of aromatic amines is 1. The van der Waals surface area contributed by atoms with Crippen molar-refractivity contribution in [3.63, 3.8) is 0 Å². The number of nitrogens with zero attached hydrogens (tertiary/aromatic N) is 1. The summed E-state index contributed by atoms with van der Waals surface area (Å²) in [6, 6.07) is 15.5. The Hall–Kier alpha value is -2.62. The molecule has 0 fully saturated rings. The first-order chi connectivity index (χ1) is 11.8. The minimum Gasteiger partial charge on any atom is -0.352 e. The second-order valence-electron chi connectivity index (χ2n) is 5.96. The molecule has 24 heavy (non-hydrogen) atoms. The van der Waals surface area contributed by atoms with E-state index >= 15 is 0 Å². The fourth-order valence-corrected chi connectivity index (χ4v) is 2.82. The summed E-state index contributed by atoms with van der Waals surface area (Å²) in [6.45, 7) is 2.90. The molecule has 0 aliphatic heterocycles. The van der Waals surface area contributed by atoms with Crippen LogP contribution in [0.25, 0.3) is 22.4 Å². The first kappa shape index (κ1) is 16.2. The van der Waals surface area contributed by atoms with Crippen molar-refractivity contribution in [3.05, 3.63) is 54.1 Å². The average Bonchev–Trinajstić information content (AvgIpc) is 3.05. The normalized spacial score (nSPS) is 10.9. The third kappa shape index (κ3) is 3.65. The highest BCUT2D eigenvalue weighted by Crippen LogP contribution is 2.23. The summed E-state index contributed by atoms with van der Waals surface area (Å²) in [5.41, 5.74) is 3.37. The van der Waals surface area contributed by atoms with Crippen LogP contribution in [0.5, 0.6) is 0 Å². The second kappa shape index (κ2) is 7.77. The Labute approximate surface area is 142 Å². The maximum absolute atomic E-state index is 12.5. The molecule has 0 radical (unpaired) electrons. The van der Waals surface area contributed by atoms with E-state index in [0.29, 0.717) is 12.1 Å². The van der Waals surface area contributed by atoms with Gasteiger partial charge in [0.15, 0.2) is 0 Å². The van der Waals surface area contributed by atoms with Crippen molar-refractivity contribution in [2.24, 2.45) is 0 Å². The van der Waals surface area contributed by atoms with Crippen LogP contribution in [0.4, 0.5) is 0 Å². The van der Waals surface area contributed by atoms with Gasteiger partial charge in [0.25, 0.3) is 5.91 Å². The zero-order chi connectivity index (χ0) is 16.8. The number of benzene rings is 2. The molecule has 1 heterocycles. The number of hydrogen-bond donors (Lipinski definition) is 2. The first-order valence-electron chi connectivity index (χ1n) is 8.62. The highest BCUT2D eigenvalue weighted by molar-refractivity contribution is 6.00. The van der Waals surface area contributed by atoms with E-state index in [9.17, 15) is 4.79 Å². The lowest BCUT2D eigenvalue weighted by atomic mass is 10.1. The zero-order valence-electron chi connectivity index (χ0n) is 14.0. The summed E-state index contributed by atoms with van der Waals surface area (Å²) in [5.74, 6) is 0.690. The fraction of sp³-hybridized carbons (Fsp3) is 0.300. The van der Waals surface area contributed by atoms with Crippen LogP contribution in [-0.2, 0) is 0 Å². The summed E-state index contributed by atoms with van der Waals surface area (Å²) < 4.78 is 0. The van der Waals surface area contributed by atoms with Crippen molar-refractivity contribution in [1.29, 1.82) is 0 Å². The lowest BCUT2D eigenvalue weighted by Crippen LogP contribution is -2.25. The van der Waals surface area contributed by atoms with Crippen LogP contribution in [0.3, 0.4) is 0 Å². The number of imidazole rings is 1. The van der Waals surface area contributed by atoms with Gasteiger partial charge in [0.1, 0.15) is 5.82 Å². The molecular formula is C20H23N3O. The predicted molar refractivity (Wildman–Crippen MR) is 98.0 cm³/mol.